The Balaban J connectivity index is 1.39. The zero-order valence-corrected chi connectivity index (χ0v) is 22.3. The van der Waals surface area contributed by atoms with Crippen LogP contribution < -0.4 is 0 Å². The second kappa shape index (κ2) is 9.53. The fourth-order valence-electron chi connectivity index (χ4n) is 5.47. The van der Waals surface area contributed by atoms with E-state index in [0.29, 0.717) is 6.67 Å². The fraction of sp³-hybridized carbons (Fsp3) is 0.0588. The average molecular weight is 523 g/mol. The number of amidine groups is 2. The van der Waals surface area contributed by atoms with Crippen LogP contribution in [-0.4, -0.2) is 28.2 Å². The van der Waals surface area contributed by atoms with E-state index in [1.807, 2.05) is 59.9 Å². The Bertz CT molecular complexity index is 2020. The van der Waals surface area contributed by atoms with Gasteiger partial charge in [-0.2, -0.15) is 0 Å². The SMILES string of the molecule is CN(Cn1c2ccccc2c2c3sc4ccccc4c3ccc21)C(=NC(=N)c1ccccc1)c1ccccc1. The predicted octanol–water partition coefficient (Wildman–Crippen LogP) is 8.52. The number of aromatic nitrogens is 1. The first kappa shape index (κ1) is 23.4. The van der Waals surface area contributed by atoms with Crippen molar-refractivity contribution in [1.82, 2.24) is 9.47 Å². The van der Waals surface area contributed by atoms with E-state index in [9.17, 15) is 0 Å². The zero-order valence-electron chi connectivity index (χ0n) is 21.5. The molecule has 4 nitrogen and oxygen atoms in total. The second-order valence-corrected chi connectivity index (χ2v) is 10.8. The summed E-state index contributed by atoms with van der Waals surface area (Å²) in [7, 11) is 2.06. The minimum atomic E-state index is 0.246. The normalized spacial score (nSPS) is 12.1. The summed E-state index contributed by atoms with van der Waals surface area (Å²) in [5.41, 5.74) is 4.17. The van der Waals surface area contributed by atoms with Gasteiger partial charge in [0.05, 0.1) is 17.7 Å². The molecule has 2 heterocycles. The monoisotopic (exact) mass is 522 g/mol. The molecule has 2 aromatic heterocycles. The molecule has 0 spiro atoms. The lowest BCUT2D eigenvalue weighted by Crippen LogP contribution is -2.30. The van der Waals surface area contributed by atoms with Gasteiger partial charge in [-0.3, -0.25) is 5.41 Å². The van der Waals surface area contributed by atoms with Gasteiger partial charge in [-0.1, -0.05) is 103 Å². The number of nitrogens with zero attached hydrogens (tertiary/aromatic N) is 3. The van der Waals surface area contributed by atoms with Crippen molar-refractivity contribution in [3.8, 4) is 0 Å². The predicted molar refractivity (Wildman–Crippen MR) is 166 cm³/mol. The van der Waals surface area contributed by atoms with E-state index in [0.717, 1.165) is 17.0 Å². The molecule has 0 bridgehead atoms. The van der Waals surface area contributed by atoms with Crippen molar-refractivity contribution in [1.29, 1.82) is 5.41 Å². The van der Waals surface area contributed by atoms with E-state index >= 15 is 0 Å². The molecule has 1 N–H and O–H groups in total. The van der Waals surface area contributed by atoms with Crippen LogP contribution in [-0.2, 0) is 6.67 Å². The number of hydrogen-bond acceptors (Lipinski definition) is 2. The van der Waals surface area contributed by atoms with E-state index in [2.05, 4.69) is 89.3 Å². The first-order valence-electron chi connectivity index (χ1n) is 13.0. The van der Waals surface area contributed by atoms with Crippen LogP contribution in [0.3, 0.4) is 0 Å². The molecule has 5 heteroatoms. The van der Waals surface area contributed by atoms with Gasteiger partial charge in [0.1, 0.15) is 5.84 Å². The van der Waals surface area contributed by atoms with E-state index in [-0.39, 0.29) is 5.84 Å². The van der Waals surface area contributed by atoms with Crippen LogP contribution in [0.1, 0.15) is 11.1 Å². The largest absolute Gasteiger partial charge is 0.341 e. The molecule has 7 rings (SSSR count). The van der Waals surface area contributed by atoms with Crippen LogP contribution in [0, 0.1) is 5.41 Å². The molecule has 0 amide bonds. The van der Waals surface area contributed by atoms with Crippen molar-refractivity contribution in [2.75, 3.05) is 7.05 Å². The highest BCUT2D eigenvalue weighted by molar-refractivity contribution is 7.26. The number of rotatable bonds is 4. The third-order valence-electron chi connectivity index (χ3n) is 7.29. The number of hydrogen-bond donors (Lipinski definition) is 1. The van der Waals surface area contributed by atoms with Crippen LogP contribution in [0.5, 0.6) is 0 Å². The van der Waals surface area contributed by atoms with Gasteiger partial charge in [0, 0.05) is 49.1 Å². The van der Waals surface area contributed by atoms with Crippen molar-refractivity contribution in [2.24, 2.45) is 4.99 Å². The van der Waals surface area contributed by atoms with Crippen LogP contribution in [0.15, 0.2) is 126 Å². The van der Waals surface area contributed by atoms with Crippen LogP contribution in [0.2, 0.25) is 0 Å². The number of benzene rings is 5. The zero-order chi connectivity index (χ0) is 26.3. The average Bonchev–Trinajstić information content (AvgIpc) is 3.52. The highest BCUT2D eigenvalue weighted by atomic mass is 32.1. The van der Waals surface area contributed by atoms with Crippen molar-refractivity contribution >= 4 is 65.0 Å². The molecule has 0 aliphatic carbocycles. The Morgan fingerprint density at radius 1 is 0.692 bits per heavy atom. The molecule has 0 unspecified atom stereocenters. The molecule has 0 aliphatic heterocycles. The van der Waals surface area contributed by atoms with Crippen molar-refractivity contribution < 1.29 is 0 Å². The van der Waals surface area contributed by atoms with Gasteiger partial charge < -0.3 is 9.47 Å². The quantitative estimate of drug-likeness (QED) is 0.183. The smallest absolute Gasteiger partial charge is 0.154 e. The summed E-state index contributed by atoms with van der Waals surface area (Å²) in [5.74, 6) is 1.01. The molecule has 0 aliphatic rings. The second-order valence-electron chi connectivity index (χ2n) is 9.74. The molecular weight excluding hydrogens is 496 g/mol. The number of para-hydroxylation sites is 1. The van der Waals surface area contributed by atoms with Crippen molar-refractivity contribution in [3.05, 3.63) is 132 Å². The molecule has 7 aromatic rings. The first-order chi connectivity index (χ1) is 19.2. The van der Waals surface area contributed by atoms with Crippen molar-refractivity contribution in [2.45, 2.75) is 6.67 Å². The maximum atomic E-state index is 8.74. The van der Waals surface area contributed by atoms with Crippen LogP contribution >= 0.6 is 11.3 Å². The molecule has 0 saturated carbocycles. The van der Waals surface area contributed by atoms with E-state index in [1.165, 1.54) is 42.0 Å². The topological polar surface area (TPSA) is 44.4 Å². The highest BCUT2D eigenvalue weighted by Gasteiger charge is 2.19. The third kappa shape index (κ3) is 3.99. The van der Waals surface area contributed by atoms with Gasteiger partial charge in [0.25, 0.3) is 0 Å². The molecule has 0 radical (unpaired) electrons. The summed E-state index contributed by atoms with van der Waals surface area (Å²) in [6.45, 7) is 0.593. The van der Waals surface area contributed by atoms with Gasteiger partial charge in [0.15, 0.2) is 5.84 Å². The summed E-state index contributed by atoms with van der Waals surface area (Å²) < 4.78 is 5.01. The van der Waals surface area contributed by atoms with Gasteiger partial charge in [-0.15, -0.1) is 11.3 Å². The molecule has 0 fully saturated rings. The Labute approximate surface area is 230 Å². The van der Waals surface area contributed by atoms with Gasteiger partial charge >= 0.3 is 0 Å². The Morgan fingerprint density at radius 2 is 1.33 bits per heavy atom. The molecule has 5 aromatic carbocycles. The lowest BCUT2D eigenvalue weighted by atomic mass is 10.1. The minimum absolute atomic E-state index is 0.246. The van der Waals surface area contributed by atoms with E-state index < -0.39 is 0 Å². The molecule has 39 heavy (non-hydrogen) atoms. The van der Waals surface area contributed by atoms with Crippen LogP contribution in [0.4, 0.5) is 0 Å². The Kier molecular flexibility index (Phi) is 5.71. The van der Waals surface area contributed by atoms with Gasteiger partial charge in [0.2, 0.25) is 0 Å². The highest BCUT2D eigenvalue weighted by Crippen LogP contribution is 2.42. The van der Waals surface area contributed by atoms with E-state index in [1.54, 1.807) is 0 Å². The Hall–Kier alpha value is -4.74. The van der Waals surface area contributed by atoms with Crippen molar-refractivity contribution in [3.63, 3.8) is 0 Å². The summed E-state index contributed by atoms with van der Waals surface area (Å²) in [4.78, 5) is 7.00. The van der Waals surface area contributed by atoms with Gasteiger partial charge in [-0.05, 0) is 18.2 Å². The lowest BCUT2D eigenvalue weighted by Gasteiger charge is -2.23. The Morgan fingerprint density at radius 3 is 2.10 bits per heavy atom. The summed E-state index contributed by atoms with van der Waals surface area (Å²) in [6.07, 6.45) is 0. The molecule has 0 saturated heterocycles. The lowest BCUT2D eigenvalue weighted by molar-refractivity contribution is 0.420. The third-order valence-corrected chi connectivity index (χ3v) is 8.50. The maximum Gasteiger partial charge on any atom is 0.154 e. The number of fused-ring (bicyclic) bond motifs is 7. The number of nitrogens with one attached hydrogen (secondary N) is 1. The summed E-state index contributed by atoms with van der Waals surface area (Å²) in [6, 6.07) is 41.7. The number of thiophene rings is 1. The number of aliphatic imine (C=N–C) groups is 1. The first-order valence-corrected chi connectivity index (χ1v) is 13.8. The maximum absolute atomic E-state index is 8.74. The standard InChI is InChI=1S/C34H26N4S/c1-37(34(24-14-6-3-7-15-24)36-33(35)23-12-4-2-5-13-23)22-38-28-18-10-8-17-27(28)31-29(38)21-20-26-25-16-9-11-19-30(25)39-32(26)31/h2-21,35H,22H2,1H3. The van der Waals surface area contributed by atoms with Crippen LogP contribution in [0.25, 0.3) is 42.0 Å². The molecule has 188 valence electrons. The molecular formula is C34H26N4S. The minimum Gasteiger partial charge on any atom is -0.341 e. The molecule has 0 atom stereocenters. The fourth-order valence-corrected chi connectivity index (χ4v) is 6.73. The van der Waals surface area contributed by atoms with E-state index in [4.69, 9.17) is 10.4 Å². The summed E-state index contributed by atoms with van der Waals surface area (Å²) >= 11 is 1.87. The van der Waals surface area contributed by atoms with Gasteiger partial charge in [-0.25, -0.2) is 4.99 Å². The summed E-state index contributed by atoms with van der Waals surface area (Å²) in [5, 5.41) is 13.9.